The molecule has 0 fully saturated rings. The van der Waals surface area contributed by atoms with E-state index in [1.165, 1.54) is 0 Å². The molecule has 1 unspecified atom stereocenters. The van der Waals surface area contributed by atoms with Gasteiger partial charge in [0.25, 0.3) is 0 Å². The first kappa shape index (κ1) is 11.2. The summed E-state index contributed by atoms with van der Waals surface area (Å²) in [6, 6.07) is 0. The van der Waals surface area contributed by atoms with E-state index in [-0.39, 0.29) is 12.9 Å². The highest BCUT2D eigenvalue weighted by atomic mass is 16.7. The third-order valence-corrected chi connectivity index (χ3v) is 2.20. The van der Waals surface area contributed by atoms with Crippen LogP contribution in [0.4, 0.5) is 0 Å². The molecule has 0 N–H and O–H groups in total. The van der Waals surface area contributed by atoms with Gasteiger partial charge in [0, 0.05) is 9.85 Å². The minimum atomic E-state index is -1.18. The smallest absolute Gasteiger partial charge is 0.146 e. The normalized spacial score (nSPS) is 15.6. The van der Waals surface area contributed by atoms with Crippen LogP contribution in [-0.4, -0.2) is 20.0 Å². The third-order valence-electron chi connectivity index (χ3n) is 2.20. The fraction of sp³-hybridized carbons (Fsp3) is 0.846. The maximum absolute atomic E-state index is 7.93. The van der Waals surface area contributed by atoms with Crippen molar-refractivity contribution in [2.24, 2.45) is 0 Å². The van der Waals surface area contributed by atoms with Gasteiger partial charge in [0.15, 0.2) is 0 Å². The van der Waals surface area contributed by atoms with Crippen LogP contribution in [0, 0.1) is 0 Å². The van der Waals surface area contributed by atoms with Gasteiger partial charge in [-0.05, 0) is 25.7 Å². The van der Waals surface area contributed by atoms with Crippen molar-refractivity contribution in [2.75, 3.05) is 13.9 Å². The van der Waals surface area contributed by atoms with E-state index in [4.69, 9.17) is 12.2 Å². The molecule has 0 heterocycles. The van der Waals surface area contributed by atoms with Gasteiger partial charge in [-0.25, -0.2) is 0 Å². The van der Waals surface area contributed by atoms with Gasteiger partial charge in [-0.15, -0.1) is 6.58 Å². The Labute approximate surface area is 97.5 Å². The zero-order valence-corrected chi connectivity index (χ0v) is 10.1. The minimum Gasteiger partial charge on any atom is -0.359 e. The van der Waals surface area contributed by atoms with Gasteiger partial charge in [-0.1, -0.05) is 32.2 Å². The van der Waals surface area contributed by atoms with E-state index in [1.54, 1.807) is 13.2 Å². The molecule has 0 saturated carbocycles. The number of hydrogen-bond donors (Lipinski definition) is 0. The SMILES string of the molecule is [2H]C([2H])(CCC=C)CC(CCCC)OCOC. The first-order valence-corrected chi connectivity index (χ1v) is 5.77. The van der Waals surface area contributed by atoms with Crippen LogP contribution in [0.5, 0.6) is 0 Å². The second kappa shape index (κ2) is 11.7. The largest absolute Gasteiger partial charge is 0.359 e. The van der Waals surface area contributed by atoms with Crippen LogP contribution in [0.25, 0.3) is 0 Å². The van der Waals surface area contributed by atoms with Gasteiger partial charge in [-0.2, -0.15) is 0 Å². The average Bonchev–Trinajstić information content (AvgIpc) is 2.30. The Balaban J connectivity index is 4.12. The van der Waals surface area contributed by atoms with E-state index in [1.807, 2.05) is 0 Å². The molecule has 0 rings (SSSR count). The molecule has 0 aliphatic rings. The highest BCUT2D eigenvalue weighted by molar-refractivity contribution is 4.66. The maximum Gasteiger partial charge on any atom is 0.146 e. The van der Waals surface area contributed by atoms with Crippen molar-refractivity contribution in [3.63, 3.8) is 0 Å². The Bertz CT molecular complexity index is 188. The predicted octanol–water partition coefficient (Wildman–Crippen LogP) is 3.91. The maximum atomic E-state index is 7.93. The Morgan fingerprint density at radius 3 is 2.80 bits per heavy atom. The van der Waals surface area contributed by atoms with Crippen molar-refractivity contribution in [3.8, 4) is 0 Å². The molecule has 2 heteroatoms. The standard InChI is InChI=1S/C13H26O2/c1-4-6-8-9-11-13(10-7-5-2)15-12-14-3/h4,13H,1,5-12H2,2-3H3/i9D2. The van der Waals surface area contributed by atoms with Crippen LogP contribution in [0.2, 0.25) is 0 Å². The summed E-state index contributed by atoms with van der Waals surface area (Å²) in [5, 5.41) is 0. The lowest BCUT2D eigenvalue weighted by atomic mass is 10.1. The fourth-order valence-electron chi connectivity index (χ4n) is 1.31. The first-order chi connectivity index (χ1) is 8.05. The van der Waals surface area contributed by atoms with Gasteiger partial charge < -0.3 is 9.47 Å². The summed E-state index contributed by atoms with van der Waals surface area (Å²) in [4.78, 5) is 0. The van der Waals surface area contributed by atoms with Gasteiger partial charge >= 0.3 is 0 Å². The molecular formula is C13H26O2. The zero-order chi connectivity index (χ0) is 13.1. The molecule has 90 valence electrons. The molecule has 0 amide bonds. The van der Waals surface area contributed by atoms with E-state index in [0.717, 1.165) is 19.3 Å². The number of unbranched alkanes of at least 4 members (excludes halogenated alkanes) is 1. The lowest BCUT2D eigenvalue weighted by Crippen LogP contribution is -2.14. The molecule has 0 aromatic heterocycles. The van der Waals surface area contributed by atoms with Crippen LogP contribution >= 0.6 is 0 Å². The summed E-state index contributed by atoms with van der Waals surface area (Å²) in [5.41, 5.74) is 0. The predicted molar refractivity (Wildman–Crippen MR) is 64.9 cm³/mol. The molecule has 0 aliphatic carbocycles. The first-order valence-electron chi connectivity index (χ1n) is 6.77. The second-order valence-corrected chi connectivity index (χ2v) is 3.62. The van der Waals surface area contributed by atoms with Crippen molar-refractivity contribution < 1.29 is 12.2 Å². The summed E-state index contributed by atoms with van der Waals surface area (Å²) in [7, 11) is 1.59. The van der Waals surface area contributed by atoms with E-state index in [2.05, 4.69) is 13.5 Å². The molecule has 0 spiro atoms. The van der Waals surface area contributed by atoms with Crippen LogP contribution in [0.3, 0.4) is 0 Å². The Morgan fingerprint density at radius 2 is 2.20 bits per heavy atom. The quantitative estimate of drug-likeness (QED) is 0.385. The van der Waals surface area contributed by atoms with Crippen molar-refractivity contribution in [1.29, 1.82) is 0 Å². The third kappa shape index (κ3) is 9.95. The van der Waals surface area contributed by atoms with Crippen LogP contribution in [-0.2, 0) is 9.47 Å². The number of ether oxygens (including phenoxy) is 2. The number of allylic oxidation sites excluding steroid dienone is 1. The Kier molecular flexibility index (Phi) is 8.73. The van der Waals surface area contributed by atoms with Gasteiger partial charge in [-0.3, -0.25) is 0 Å². The van der Waals surface area contributed by atoms with Crippen LogP contribution in [0.15, 0.2) is 12.7 Å². The molecule has 15 heavy (non-hydrogen) atoms. The average molecular weight is 216 g/mol. The fourth-order valence-corrected chi connectivity index (χ4v) is 1.31. The summed E-state index contributed by atoms with van der Waals surface area (Å²) in [5.74, 6) is 0. The van der Waals surface area contributed by atoms with Crippen molar-refractivity contribution >= 4 is 0 Å². The number of methoxy groups -OCH3 is 1. The van der Waals surface area contributed by atoms with Gasteiger partial charge in [0.1, 0.15) is 6.79 Å². The second-order valence-electron chi connectivity index (χ2n) is 3.62. The molecule has 0 aromatic rings. The molecule has 1 atom stereocenters. The van der Waals surface area contributed by atoms with Gasteiger partial charge in [0.2, 0.25) is 0 Å². The Hall–Kier alpha value is -0.340. The van der Waals surface area contributed by atoms with Crippen molar-refractivity contribution in [3.05, 3.63) is 12.7 Å². The van der Waals surface area contributed by atoms with E-state index >= 15 is 0 Å². The minimum absolute atomic E-state index is 0.0466. The summed E-state index contributed by atoms with van der Waals surface area (Å²) < 4.78 is 26.3. The molecule has 0 bridgehead atoms. The van der Waals surface area contributed by atoms with Crippen molar-refractivity contribution in [2.45, 2.75) is 57.9 Å². The van der Waals surface area contributed by atoms with Crippen LogP contribution in [0.1, 0.15) is 54.6 Å². The number of hydrogen-bond acceptors (Lipinski definition) is 2. The monoisotopic (exact) mass is 216 g/mol. The summed E-state index contributed by atoms with van der Waals surface area (Å²) >= 11 is 0. The molecule has 0 aromatic carbocycles. The molecule has 2 nitrogen and oxygen atoms in total. The molecule has 0 radical (unpaired) electrons. The van der Waals surface area contributed by atoms with E-state index < -0.39 is 6.37 Å². The van der Waals surface area contributed by atoms with E-state index in [9.17, 15) is 0 Å². The topological polar surface area (TPSA) is 18.5 Å². The lowest BCUT2D eigenvalue weighted by Gasteiger charge is -2.16. The highest BCUT2D eigenvalue weighted by Crippen LogP contribution is 2.13. The van der Waals surface area contributed by atoms with Crippen molar-refractivity contribution in [1.82, 2.24) is 0 Å². The van der Waals surface area contributed by atoms with Crippen LogP contribution < -0.4 is 0 Å². The van der Waals surface area contributed by atoms with Gasteiger partial charge in [0.05, 0.1) is 6.10 Å². The summed E-state index contributed by atoms with van der Waals surface area (Å²) in [6.07, 6.45) is 5.24. The molecular weight excluding hydrogens is 188 g/mol. The number of rotatable bonds is 11. The Morgan fingerprint density at radius 1 is 1.40 bits per heavy atom. The highest BCUT2D eigenvalue weighted by Gasteiger charge is 2.07. The van der Waals surface area contributed by atoms with E-state index in [0.29, 0.717) is 19.3 Å². The molecule has 0 aliphatic heterocycles. The zero-order valence-electron chi connectivity index (χ0n) is 12.1. The molecule has 0 saturated heterocycles. The lowest BCUT2D eigenvalue weighted by molar-refractivity contribution is -0.0774. The summed E-state index contributed by atoms with van der Waals surface area (Å²) in [6.45, 7) is 5.99.